The standard InChI is InChI=1S/C54H28Cl4N4O2/c55-33-15-5-16-34(56)47(33)49-37-19-23-41(59-37)53(31-13-3-9-27-7-1-11-29(45(27)31)51(53)63)42-24-20-38(60-42)50(48-35(57)17-6-18-36(48)58)40-22-26-44(62-40)54(43-25-21-39(49)61-43)32-14-4-10-28-8-2-12-30(46(28)32)52(54)64/h1-26,59-60H/b49-39+,50-40?. The monoisotopic (exact) mass is 904 g/mol. The van der Waals surface area contributed by atoms with E-state index >= 15 is 9.59 Å². The van der Waals surface area contributed by atoms with Crippen LogP contribution in [0.4, 0.5) is 0 Å². The highest BCUT2D eigenvalue weighted by molar-refractivity contribution is 6.47. The Labute approximate surface area is 385 Å². The van der Waals surface area contributed by atoms with E-state index < -0.39 is 10.8 Å². The number of nitrogens with one attached hydrogen (secondary N) is 2. The van der Waals surface area contributed by atoms with Crippen molar-refractivity contribution in [1.82, 2.24) is 9.97 Å². The van der Waals surface area contributed by atoms with Crippen molar-refractivity contribution in [2.45, 2.75) is 10.8 Å². The molecule has 8 bridgehead atoms. The molecule has 64 heavy (non-hydrogen) atoms. The van der Waals surface area contributed by atoms with Gasteiger partial charge >= 0.3 is 0 Å². The van der Waals surface area contributed by atoms with E-state index in [0.29, 0.717) is 99.1 Å². The summed E-state index contributed by atoms with van der Waals surface area (Å²) < 4.78 is 0. The van der Waals surface area contributed by atoms with Crippen molar-refractivity contribution < 1.29 is 9.59 Å². The molecule has 2 aromatic heterocycles. The van der Waals surface area contributed by atoms with Gasteiger partial charge in [-0.25, -0.2) is 0 Å². The Bertz CT molecular complexity index is 3540. The zero-order valence-electron chi connectivity index (χ0n) is 33.2. The summed E-state index contributed by atoms with van der Waals surface area (Å²) >= 11 is 28.4. The van der Waals surface area contributed by atoms with Gasteiger partial charge < -0.3 is 9.97 Å². The molecule has 2 atom stereocenters. The number of hydrogen-bond acceptors (Lipinski definition) is 4. The third kappa shape index (κ3) is 4.73. The molecule has 3 aliphatic heterocycles. The number of benzene rings is 6. The van der Waals surface area contributed by atoms with Crippen LogP contribution in [0, 0.1) is 0 Å². The second-order valence-electron chi connectivity index (χ2n) is 16.5. The molecule has 0 saturated heterocycles. The number of halogens is 4. The number of H-pyrrole nitrogens is 2. The number of aromatic amines is 2. The van der Waals surface area contributed by atoms with Crippen molar-refractivity contribution in [3.63, 3.8) is 0 Å². The van der Waals surface area contributed by atoms with E-state index in [9.17, 15) is 0 Å². The summed E-state index contributed by atoms with van der Waals surface area (Å²) in [5, 5.41) is 5.23. The highest BCUT2D eigenvalue weighted by Gasteiger charge is 2.56. The molecule has 6 nitrogen and oxygen atoms in total. The van der Waals surface area contributed by atoms with E-state index in [4.69, 9.17) is 56.4 Å². The zero-order valence-corrected chi connectivity index (χ0v) is 36.3. The second kappa shape index (κ2) is 13.4. The molecule has 10 heteroatoms. The Kier molecular flexibility index (Phi) is 7.88. The number of hydrogen-bond donors (Lipinski definition) is 2. The lowest BCUT2D eigenvalue weighted by atomic mass is 9.71. The fourth-order valence-electron chi connectivity index (χ4n) is 10.9. The predicted octanol–water partition coefficient (Wildman–Crippen LogP) is 13.5. The van der Waals surface area contributed by atoms with Crippen LogP contribution in [0.3, 0.4) is 0 Å². The Balaban J connectivity index is 1.19. The van der Waals surface area contributed by atoms with E-state index in [-0.39, 0.29) is 11.6 Å². The average Bonchev–Trinajstić information content (AvgIpc) is 4.18. The van der Waals surface area contributed by atoms with Crippen LogP contribution in [0.15, 0.2) is 179 Å². The Hall–Kier alpha value is -6.80. The largest absolute Gasteiger partial charge is 0.357 e. The third-order valence-corrected chi connectivity index (χ3v) is 14.8. The lowest BCUT2D eigenvalue weighted by Gasteiger charge is -2.28. The van der Waals surface area contributed by atoms with Crippen molar-refractivity contribution in [3.05, 3.63) is 245 Å². The molecule has 8 aromatic rings. The first-order valence-electron chi connectivity index (χ1n) is 20.7. The molecule has 2 unspecified atom stereocenters. The topological polar surface area (TPSA) is 90.4 Å². The van der Waals surface area contributed by atoms with Crippen molar-refractivity contribution in [2.75, 3.05) is 0 Å². The van der Waals surface area contributed by atoms with E-state index in [1.165, 1.54) is 0 Å². The minimum atomic E-state index is -1.46. The lowest BCUT2D eigenvalue weighted by Crippen LogP contribution is -2.46. The fourth-order valence-corrected chi connectivity index (χ4v) is 12.0. The zero-order chi connectivity index (χ0) is 43.2. The fraction of sp³-hybridized carbons (Fsp3) is 0.0370. The summed E-state index contributed by atoms with van der Waals surface area (Å²) in [6, 6.07) is 42.2. The number of carbonyl (C=O) groups is 2. The molecule has 13 rings (SSSR count). The molecular formula is C54H28Cl4N4O2. The van der Waals surface area contributed by atoms with Gasteiger partial charge in [0.15, 0.2) is 11.6 Å². The van der Waals surface area contributed by atoms with Crippen LogP contribution in [-0.2, 0) is 10.8 Å². The molecule has 0 amide bonds. The van der Waals surface area contributed by atoms with Gasteiger partial charge in [0.25, 0.3) is 0 Å². The summed E-state index contributed by atoms with van der Waals surface area (Å²) in [7, 11) is 0. The van der Waals surface area contributed by atoms with Gasteiger partial charge in [-0.15, -0.1) is 0 Å². The number of ketones is 2. The maximum absolute atomic E-state index is 15.6. The maximum atomic E-state index is 15.6. The number of aliphatic imine (C=N–C) groups is 2. The molecular weight excluding hydrogens is 878 g/mol. The molecule has 2 aliphatic carbocycles. The molecule has 5 aliphatic rings. The van der Waals surface area contributed by atoms with Gasteiger partial charge in [-0.3, -0.25) is 19.6 Å². The van der Waals surface area contributed by atoms with Crippen molar-refractivity contribution >= 4 is 102 Å². The van der Waals surface area contributed by atoms with Crippen LogP contribution in [-0.4, -0.2) is 33.0 Å². The number of fused-ring (bicyclic) bond motifs is 12. The van der Waals surface area contributed by atoms with Gasteiger partial charge in [-0.05, 0) is 106 Å². The van der Waals surface area contributed by atoms with Crippen LogP contribution < -0.4 is 0 Å². The first-order valence-corrected chi connectivity index (χ1v) is 22.2. The normalized spacial score (nSPS) is 21.4. The highest BCUT2D eigenvalue weighted by Crippen LogP contribution is 2.53. The van der Waals surface area contributed by atoms with Crippen molar-refractivity contribution in [2.24, 2.45) is 9.98 Å². The minimum Gasteiger partial charge on any atom is -0.357 e. The van der Waals surface area contributed by atoms with Gasteiger partial charge in [0.2, 0.25) is 0 Å². The van der Waals surface area contributed by atoms with Crippen LogP contribution in [0.25, 0.3) is 32.7 Å². The summed E-state index contributed by atoms with van der Waals surface area (Å²) in [4.78, 5) is 49.5. The Morgan fingerprint density at radius 2 is 0.812 bits per heavy atom. The molecule has 2 spiro atoms. The Morgan fingerprint density at radius 3 is 1.27 bits per heavy atom. The molecule has 5 heterocycles. The minimum absolute atomic E-state index is 0.102. The first-order chi connectivity index (χ1) is 31.2. The van der Waals surface area contributed by atoms with Crippen LogP contribution in [0.2, 0.25) is 20.1 Å². The van der Waals surface area contributed by atoms with Gasteiger partial charge in [0.05, 0.1) is 42.9 Å². The van der Waals surface area contributed by atoms with Crippen LogP contribution >= 0.6 is 46.4 Å². The Morgan fingerprint density at radius 1 is 0.422 bits per heavy atom. The highest BCUT2D eigenvalue weighted by atomic mass is 35.5. The van der Waals surface area contributed by atoms with E-state index in [0.717, 1.165) is 32.7 Å². The quantitative estimate of drug-likeness (QED) is 0.181. The van der Waals surface area contributed by atoms with Crippen LogP contribution in [0.5, 0.6) is 0 Å². The van der Waals surface area contributed by atoms with Crippen molar-refractivity contribution in [1.29, 1.82) is 0 Å². The summed E-state index contributed by atoms with van der Waals surface area (Å²) in [5.74, 6) is -0.251. The van der Waals surface area contributed by atoms with Crippen molar-refractivity contribution in [3.8, 4) is 0 Å². The molecule has 2 N–H and O–H groups in total. The van der Waals surface area contributed by atoms with Gasteiger partial charge in [-0.1, -0.05) is 131 Å². The molecule has 6 aromatic carbocycles. The third-order valence-electron chi connectivity index (χ3n) is 13.5. The van der Waals surface area contributed by atoms with Gasteiger partial charge in [-0.2, -0.15) is 0 Å². The summed E-state index contributed by atoms with van der Waals surface area (Å²) in [6.07, 6.45) is 7.58. The number of aromatic nitrogens is 2. The second-order valence-corrected chi connectivity index (χ2v) is 18.2. The average molecular weight is 907 g/mol. The molecule has 0 fully saturated rings. The predicted molar refractivity (Wildman–Crippen MR) is 258 cm³/mol. The number of nitrogens with zero attached hydrogens (tertiary/aromatic N) is 2. The van der Waals surface area contributed by atoms with E-state index in [1.807, 2.05) is 121 Å². The maximum Gasteiger partial charge on any atom is 0.186 e. The molecule has 0 radical (unpaired) electrons. The van der Waals surface area contributed by atoms with Gasteiger partial charge in [0, 0.05) is 56.2 Å². The first kappa shape index (κ1) is 37.7. The van der Waals surface area contributed by atoms with E-state index in [2.05, 4.69) is 9.97 Å². The number of allylic oxidation sites excluding steroid dienone is 4. The molecule has 304 valence electrons. The number of Topliss-reactive ketones (excluding diaryl/α,β-unsaturated/α-hetero) is 2. The summed E-state index contributed by atoms with van der Waals surface area (Å²) in [6.45, 7) is 0. The smallest absolute Gasteiger partial charge is 0.186 e. The van der Waals surface area contributed by atoms with E-state index in [1.54, 1.807) is 36.4 Å². The van der Waals surface area contributed by atoms with Gasteiger partial charge in [0.1, 0.15) is 10.8 Å². The number of carbonyl (C=O) groups excluding carboxylic acids is 2. The van der Waals surface area contributed by atoms with Crippen LogP contribution in [0.1, 0.15) is 65.7 Å². The number of rotatable bonds is 2. The molecule has 0 saturated carbocycles. The SMILES string of the molecule is O=C1c2cccc3cccc(c23)C12C1=NC(=C(c3c(Cl)cccc3Cl)c3ccc([nH]3)C3(C(=O)c4cccc5cccc3c45)c3ccc([nH]3)/C(c3c(Cl)cccc3Cl)=C3/C=CC2=N3)C=C1. The summed E-state index contributed by atoms with van der Waals surface area (Å²) in [5.41, 5.74) is 6.68. The lowest BCUT2D eigenvalue weighted by molar-refractivity contribution is 0.0939.